The molecule has 0 bridgehead atoms. The number of carbonyl (C=O) groups excluding carboxylic acids is 1. The van der Waals surface area contributed by atoms with Gasteiger partial charge in [-0.25, -0.2) is 4.98 Å². The summed E-state index contributed by atoms with van der Waals surface area (Å²) in [5, 5.41) is 12.0. The Morgan fingerprint density at radius 2 is 1.97 bits per heavy atom. The van der Waals surface area contributed by atoms with Crippen LogP contribution in [-0.2, 0) is 9.53 Å². The SMILES string of the molecule is Cc1cccc(C)c1OCC(=O)N1CCC(c2ccc3c(NC4CCOCC4)n[nH]c3n2)C1. The highest BCUT2D eigenvalue weighted by Gasteiger charge is 2.29. The summed E-state index contributed by atoms with van der Waals surface area (Å²) < 4.78 is 11.3. The van der Waals surface area contributed by atoms with Gasteiger partial charge in [0, 0.05) is 44.0 Å². The average Bonchev–Trinajstić information content (AvgIpc) is 3.47. The van der Waals surface area contributed by atoms with Gasteiger partial charge in [-0.2, -0.15) is 5.10 Å². The molecule has 1 amide bonds. The number of nitrogens with zero attached hydrogens (tertiary/aromatic N) is 3. The van der Waals surface area contributed by atoms with Crippen LogP contribution in [-0.4, -0.2) is 64.9 Å². The van der Waals surface area contributed by atoms with E-state index in [4.69, 9.17) is 14.5 Å². The number of para-hydroxylation sites is 1. The van der Waals surface area contributed by atoms with E-state index >= 15 is 0 Å². The number of amides is 1. The number of likely N-dealkylation sites (tertiary alicyclic amines) is 1. The molecule has 0 spiro atoms. The van der Waals surface area contributed by atoms with E-state index in [1.165, 1.54) is 0 Å². The molecule has 8 heteroatoms. The van der Waals surface area contributed by atoms with Crippen molar-refractivity contribution in [1.29, 1.82) is 0 Å². The highest BCUT2D eigenvalue weighted by Crippen LogP contribution is 2.29. The van der Waals surface area contributed by atoms with Crippen LogP contribution in [0.2, 0.25) is 0 Å². The number of nitrogens with one attached hydrogen (secondary N) is 2. The Balaban J connectivity index is 1.20. The van der Waals surface area contributed by atoms with Crippen molar-refractivity contribution in [1.82, 2.24) is 20.1 Å². The van der Waals surface area contributed by atoms with Gasteiger partial charge in [0.15, 0.2) is 18.1 Å². The van der Waals surface area contributed by atoms with Crippen molar-refractivity contribution in [3.8, 4) is 5.75 Å². The standard InChI is InChI=1S/C25H31N5O3/c1-16-4-3-5-17(2)23(16)33-15-22(31)30-11-8-18(14-30)21-7-6-20-24(28-29-25(20)27-21)26-19-9-12-32-13-10-19/h3-7,18-19H,8-15H2,1-2H3,(H2,26,27,28,29). The number of aromatic amines is 1. The second-order valence-electron chi connectivity index (χ2n) is 9.07. The molecule has 174 valence electrons. The van der Waals surface area contributed by atoms with Crippen LogP contribution in [0, 0.1) is 13.8 Å². The van der Waals surface area contributed by atoms with E-state index in [9.17, 15) is 4.79 Å². The van der Waals surface area contributed by atoms with Gasteiger partial charge >= 0.3 is 0 Å². The highest BCUT2D eigenvalue weighted by molar-refractivity contribution is 5.87. The van der Waals surface area contributed by atoms with Crippen LogP contribution < -0.4 is 10.1 Å². The molecule has 0 saturated carbocycles. The molecule has 8 nitrogen and oxygen atoms in total. The number of carbonyl (C=O) groups is 1. The van der Waals surface area contributed by atoms with Gasteiger partial charge in [0.1, 0.15) is 5.75 Å². The summed E-state index contributed by atoms with van der Waals surface area (Å²) in [5.74, 6) is 1.89. The summed E-state index contributed by atoms with van der Waals surface area (Å²) in [7, 11) is 0. The van der Waals surface area contributed by atoms with Crippen molar-refractivity contribution in [3.63, 3.8) is 0 Å². The van der Waals surface area contributed by atoms with Crippen molar-refractivity contribution < 1.29 is 14.3 Å². The zero-order valence-corrected chi connectivity index (χ0v) is 19.3. The molecule has 2 N–H and O–H groups in total. The Kier molecular flexibility index (Phi) is 6.17. The molecule has 2 saturated heterocycles. The summed E-state index contributed by atoms with van der Waals surface area (Å²) in [4.78, 5) is 19.5. The Labute approximate surface area is 193 Å². The monoisotopic (exact) mass is 449 g/mol. The fraction of sp³-hybridized carbons (Fsp3) is 0.480. The first-order valence-corrected chi connectivity index (χ1v) is 11.7. The number of rotatable bonds is 6. The summed E-state index contributed by atoms with van der Waals surface area (Å²) >= 11 is 0. The molecule has 1 aromatic carbocycles. The number of fused-ring (bicyclic) bond motifs is 1. The maximum absolute atomic E-state index is 12.8. The minimum atomic E-state index is 0.0192. The minimum Gasteiger partial charge on any atom is -0.483 e. The molecule has 2 fully saturated rings. The number of hydrogen-bond acceptors (Lipinski definition) is 6. The van der Waals surface area contributed by atoms with Gasteiger partial charge in [-0.3, -0.25) is 9.89 Å². The van der Waals surface area contributed by atoms with E-state index in [0.717, 1.165) is 78.4 Å². The van der Waals surface area contributed by atoms with Gasteiger partial charge in [0.25, 0.3) is 5.91 Å². The lowest BCUT2D eigenvalue weighted by Gasteiger charge is -2.23. The molecule has 33 heavy (non-hydrogen) atoms. The topological polar surface area (TPSA) is 92.4 Å². The quantitative estimate of drug-likeness (QED) is 0.598. The van der Waals surface area contributed by atoms with Crippen molar-refractivity contribution in [2.45, 2.75) is 45.1 Å². The van der Waals surface area contributed by atoms with Gasteiger partial charge in [-0.1, -0.05) is 18.2 Å². The molecule has 2 aliphatic heterocycles. The molecule has 1 atom stereocenters. The normalized spacial score (nSPS) is 19.2. The van der Waals surface area contributed by atoms with Crippen LogP contribution in [0.4, 0.5) is 5.82 Å². The molecule has 0 radical (unpaired) electrons. The van der Waals surface area contributed by atoms with Crippen molar-refractivity contribution in [2.75, 3.05) is 38.2 Å². The number of anilines is 1. The van der Waals surface area contributed by atoms with Gasteiger partial charge in [0.2, 0.25) is 0 Å². The lowest BCUT2D eigenvalue weighted by atomic mass is 10.0. The fourth-order valence-electron chi connectivity index (χ4n) is 4.77. The Morgan fingerprint density at radius 1 is 1.18 bits per heavy atom. The van der Waals surface area contributed by atoms with E-state index < -0.39 is 0 Å². The lowest BCUT2D eigenvalue weighted by Crippen LogP contribution is -2.33. The Morgan fingerprint density at radius 3 is 2.76 bits per heavy atom. The fourth-order valence-corrected chi connectivity index (χ4v) is 4.77. The largest absolute Gasteiger partial charge is 0.483 e. The third-order valence-corrected chi connectivity index (χ3v) is 6.72. The van der Waals surface area contributed by atoms with Crippen molar-refractivity contribution >= 4 is 22.8 Å². The maximum Gasteiger partial charge on any atom is 0.260 e. The van der Waals surface area contributed by atoms with Crippen molar-refractivity contribution in [2.24, 2.45) is 0 Å². The number of aromatic nitrogens is 3. The second-order valence-corrected chi connectivity index (χ2v) is 9.07. The van der Waals surface area contributed by atoms with E-state index in [-0.39, 0.29) is 18.4 Å². The third kappa shape index (κ3) is 4.66. The van der Waals surface area contributed by atoms with E-state index in [0.29, 0.717) is 12.6 Å². The smallest absolute Gasteiger partial charge is 0.260 e. The zero-order valence-electron chi connectivity index (χ0n) is 19.3. The second kappa shape index (κ2) is 9.39. The van der Waals surface area contributed by atoms with Crippen LogP contribution >= 0.6 is 0 Å². The number of aryl methyl sites for hydroxylation is 2. The summed E-state index contributed by atoms with van der Waals surface area (Å²) in [5.41, 5.74) is 3.87. The minimum absolute atomic E-state index is 0.0192. The average molecular weight is 450 g/mol. The highest BCUT2D eigenvalue weighted by atomic mass is 16.5. The number of benzene rings is 1. The van der Waals surface area contributed by atoms with Crippen molar-refractivity contribution in [3.05, 3.63) is 47.2 Å². The molecule has 3 aromatic rings. The third-order valence-electron chi connectivity index (χ3n) is 6.72. The van der Waals surface area contributed by atoms with E-state index in [1.54, 1.807) is 0 Å². The maximum atomic E-state index is 12.8. The molecule has 2 aliphatic rings. The number of pyridine rings is 1. The molecular weight excluding hydrogens is 418 g/mol. The molecule has 0 aliphatic carbocycles. The van der Waals surface area contributed by atoms with Crippen LogP contribution in [0.5, 0.6) is 5.75 Å². The lowest BCUT2D eigenvalue weighted by molar-refractivity contribution is -0.132. The Bertz CT molecular complexity index is 1120. The first-order chi connectivity index (χ1) is 16.1. The number of ether oxygens (including phenoxy) is 2. The predicted molar refractivity (Wildman–Crippen MR) is 127 cm³/mol. The van der Waals surface area contributed by atoms with Gasteiger partial charge in [-0.15, -0.1) is 0 Å². The number of hydrogen-bond donors (Lipinski definition) is 2. The zero-order chi connectivity index (χ0) is 22.8. The van der Waals surface area contributed by atoms with Crippen LogP contribution in [0.1, 0.15) is 42.0 Å². The van der Waals surface area contributed by atoms with E-state index in [2.05, 4.69) is 27.6 Å². The Hall–Kier alpha value is -3.13. The summed E-state index contributed by atoms with van der Waals surface area (Å²) in [6.45, 7) is 7.02. The molecule has 5 rings (SSSR count). The van der Waals surface area contributed by atoms with Crippen LogP contribution in [0.15, 0.2) is 30.3 Å². The predicted octanol–water partition coefficient (Wildman–Crippen LogP) is 3.56. The van der Waals surface area contributed by atoms with Gasteiger partial charge in [0.05, 0.1) is 5.39 Å². The molecule has 4 heterocycles. The first kappa shape index (κ1) is 21.7. The van der Waals surface area contributed by atoms with Crippen LogP contribution in [0.3, 0.4) is 0 Å². The van der Waals surface area contributed by atoms with E-state index in [1.807, 2.05) is 36.9 Å². The first-order valence-electron chi connectivity index (χ1n) is 11.7. The van der Waals surface area contributed by atoms with Gasteiger partial charge in [-0.05, 0) is 56.4 Å². The summed E-state index contributed by atoms with van der Waals surface area (Å²) in [6, 6.07) is 10.5. The number of H-pyrrole nitrogens is 1. The van der Waals surface area contributed by atoms with Gasteiger partial charge < -0.3 is 19.7 Å². The molecule has 1 unspecified atom stereocenters. The molecular formula is C25H31N5O3. The summed E-state index contributed by atoms with van der Waals surface area (Å²) in [6.07, 6.45) is 2.87. The van der Waals surface area contributed by atoms with Crippen LogP contribution in [0.25, 0.3) is 11.0 Å². The molecule has 2 aromatic heterocycles.